The second kappa shape index (κ2) is 5.02. The highest BCUT2D eigenvalue weighted by Crippen LogP contribution is 2.50. The molecule has 1 aliphatic carbocycles. The Morgan fingerprint density at radius 3 is 2.85 bits per heavy atom. The van der Waals surface area contributed by atoms with Crippen molar-refractivity contribution in [1.29, 1.82) is 0 Å². The zero-order valence-corrected chi connectivity index (χ0v) is 12.4. The molecule has 2 saturated heterocycles. The molecule has 2 N–H and O–H groups in total. The molecule has 2 amide bonds. The lowest BCUT2D eigenvalue weighted by atomic mass is 9.72. The molecule has 3 rings (SSSR count). The number of nitrogens with zero attached hydrogens (tertiary/aromatic N) is 1. The standard InChI is InChI=1S/C15H25N3O2/c1-10(19)16-9-14(20)18-11-7-15(2)12(17-8-11)5-3-4-6-13(15)18/h11-13,17H,3-9H2,1-2H3,(H,16,19)/t11-,12+,13-,15+/m0/s1. The van der Waals surface area contributed by atoms with E-state index in [4.69, 9.17) is 0 Å². The summed E-state index contributed by atoms with van der Waals surface area (Å²) in [6.07, 6.45) is 5.91. The van der Waals surface area contributed by atoms with Crippen molar-refractivity contribution in [2.45, 2.75) is 64.1 Å². The molecule has 5 heteroatoms. The van der Waals surface area contributed by atoms with Gasteiger partial charge in [0.05, 0.1) is 6.54 Å². The van der Waals surface area contributed by atoms with Crippen molar-refractivity contribution in [2.24, 2.45) is 5.41 Å². The van der Waals surface area contributed by atoms with E-state index in [1.165, 1.54) is 26.2 Å². The van der Waals surface area contributed by atoms with Gasteiger partial charge < -0.3 is 15.5 Å². The second-order valence-corrected chi connectivity index (χ2v) is 6.84. The van der Waals surface area contributed by atoms with Crippen molar-refractivity contribution in [1.82, 2.24) is 15.5 Å². The number of carbonyl (C=O) groups excluding carboxylic acids is 2. The highest BCUT2D eigenvalue weighted by molar-refractivity contribution is 5.84. The second-order valence-electron chi connectivity index (χ2n) is 6.84. The van der Waals surface area contributed by atoms with Crippen LogP contribution in [0.25, 0.3) is 0 Å². The molecule has 5 nitrogen and oxygen atoms in total. The summed E-state index contributed by atoms with van der Waals surface area (Å²) in [6, 6.07) is 1.20. The number of hydrogen-bond donors (Lipinski definition) is 2. The molecule has 2 aliphatic heterocycles. The van der Waals surface area contributed by atoms with Gasteiger partial charge >= 0.3 is 0 Å². The minimum atomic E-state index is -0.136. The maximum Gasteiger partial charge on any atom is 0.242 e. The fourth-order valence-corrected chi connectivity index (χ4v) is 4.63. The van der Waals surface area contributed by atoms with Crippen LogP contribution in [-0.4, -0.2) is 47.9 Å². The molecule has 0 aromatic rings. The zero-order valence-electron chi connectivity index (χ0n) is 12.4. The highest BCUT2D eigenvalue weighted by atomic mass is 16.2. The Morgan fingerprint density at radius 2 is 2.10 bits per heavy atom. The van der Waals surface area contributed by atoms with Crippen molar-refractivity contribution in [2.75, 3.05) is 13.1 Å². The van der Waals surface area contributed by atoms with Gasteiger partial charge in [-0.05, 0) is 19.3 Å². The Labute approximate surface area is 120 Å². The monoisotopic (exact) mass is 279 g/mol. The molecule has 2 heterocycles. The van der Waals surface area contributed by atoms with Crippen molar-refractivity contribution < 1.29 is 9.59 Å². The van der Waals surface area contributed by atoms with Crippen LogP contribution in [0.3, 0.4) is 0 Å². The van der Waals surface area contributed by atoms with Crippen LogP contribution >= 0.6 is 0 Å². The average molecular weight is 279 g/mol. The van der Waals surface area contributed by atoms with E-state index in [1.54, 1.807) is 0 Å². The molecular weight excluding hydrogens is 254 g/mol. The predicted molar refractivity (Wildman–Crippen MR) is 76.1 cm³/mol. The minimum Gasteiger partial charge on any atom is -0.347 e. The van der Waals surface area contributed by atoms with Crippen molar-refractivity contribution in [3.63, 3.8) is 0 Å². The Bertz CT molecular complexity index is 425. The highest BCUT2D eigenvalue weighted by Gasteiger charge is 2.57. The Balaban J connectivity index is 1.81. The number of amides is 2. The maximum absolute atomic E-state index is 12.5. The van der Waals surface area contributed by atoms with Gasteiger partial charge in [-0.1, -0.05) is 19.8 Å². The molecule has 0 spiro atoms. The van der Waals surface area contributed by atoms with Gasteiger partial charge in [0.2, 0.25) is 11.8 Å². The van der Waals surface area contributed by atoms with Gasteiger partial charge in [-0.15, -0.1) is 0 Å². The topological polar surface area (TPSA) is 61.4 Å². The van der Waals surface area contributed by atoms with E-state index in [0.717, 1.165) is 19.4 Å². The zero-order chi connectivity index (χ0) is 14.3. The van der Waals surface area contributed by atoms with Gasteiger partial charge in [0.25, 0.3) is 0 Å². The molecule has 0 radical (unpaired) electrons. The normalized spacial score (nSPS) is 39.3. The molecule has 4 atom stereocenters. The lowest BCUT2D eigenvalue weighted by molar-refractivity contribution is -0.135. The van der Waals surface area contributed by atoms with Gasteiger partial charge in [-0.2, -0.15) is 0 Å². The molecule has 3 aliphatic rings. The lowest BCUT2D eigenvalue weighted by Gasteiger charge is -2.39. The van der Waals surface area contributed by atoms with Gasteiger partial charge in [-0.25, -0.2) is 0 Å². The number of fused-ring (bicyclic) bond motifs is 1. The van der Waals surface area contributed by atoms with Gasteiger partial charge in [0.1, 0.15) is 0 Å². The molecule has 112 valence electrons. The first-order valence-corrected chi connectivity index (χ1v) is 7.81. The summed E-state index contributed by atoms with van der Waals surface area (Å²) in [6.45, 7) is 4.85. The predicted octanol–water partition coefficient (Wildman–Crippen LogP) is 0.644. The van der Waals surface area contributed by atoms with E-state index in [0.29, 0.717) is 18.1 Å². The van der Waals surface area contributed by atoms with Crippen LogP contribution in [0.1, 0.15) is 46.0 Å². The lowest BCUT2D eigenvalue weighted by Crippen LogP contribution is -2.51. The number of rotatable bonds is 2. The summed E-state index contributed by atoms with van der Waals surface area (Å²) < 4.78 is 0. The number of nitrogens with one attached hydrogen (secondary N) is 2. The first kappa shape index (κ1) is 13.9. The van der Waals surface area contributed by atoms with Gasteiger partial charge in [-0.3, -0.25) is 9.59 Å². The van der Waals surface area contributed by atoms with Crippen LogP contribution in [0.2, 0.25) is 0 Å². The Morgan fingerprint density at radius 1 is 1.35 bits per heavy atom. The molecule has 20 heavy (non-hydrogen) atoms. The SMILES string of the molecule is CC(=O)NCC(=O)N1[C@@H]2CN[C@@H]3CCCC[C@H]1[C@]3(C)C2. The van der Waals surface area contributed by atoms with E-state index in [1.807, 2.05) is 0 Å². The first-order valence-electron chi connectivity index (χ1n) is 7.81. The Kier molecular flexibility index (Phi) is 3.48. The molecule has 1 saturated carbocycles. The van der Waals surface area contributed by atoms with Gasteiger partial charge in [0.15, 0.2) is 0 Å². The summed E-state index contributed by atoms with van der Waals surface area (Å²) in [5.41, 5.74) is 0.214. The average Bonchev–Trinajstić information content (AvgIpc) is 2.53. The molecular formula is C15H25N3O2. The van der Waals surface area contributed by atoms with Crippen molar-refractivity contribution in [3.8, 4) is 0 Å². The summed E-state index contributed by atoms with van der Waals surface area (Å²) in [4.78, 5) is 25.7. The number of hydrogen-bond acceptors (Lipinski definition) is 3. The third kappa shape index (κ3) is 2.12. The number of piperidine rings is 1. The van der Waals surface area contributed by atoms with Crippen LogP contribution in [-0.2, 0) is 9.59 Å². The minimum absolute atomic E-state index is 0.0864. The maximum atomic E-state index is 12.5. The van der Waals surface area contributed by atoms with Crippen molar-refractivity contribution in [3.05, 3.63) is 0 Å². The molecule has 0 unspecified atom stereocenters. The van der Waals surface area contributed by atoms with Gasteiger partial charge in [0, 0.05) is 37.0 Å². The largest absolute Gasteiger partial charge is 0.347 e. The first-order chi connectivity index (χ1) is 9.52. The van der Waals surface area contributed by atoms with E-state index in [9.17, 15) is 9.59 Å². The Hall–Kier alpha value is -1.10. The molecule has 0 aromatic heterocycles. The molecule has 0 aromatic carbocycles. The van der Waals surface area contributed by atoms with E-state index in [-0.39, 0.29) is 23.8 Å². The quantitative estimate of drug-likeness (QED) is 0.780. The third-order valence-electron chi connectivity index (χ3n) is 5.56. The van der Waals surface area contributed by atoms with Crippen LogP contribution in [0, 0.1) is 5.41 Å². The fourth-order valence-electron chi connectivity index (χ4n) is 4.63. The third-order valence-corrected chi connectivity index (χ3v) is 5.56. The number of likely N-dealkylation sites (tertiary alicyclic amines) is 1. The van der Waals surface area contributed by atoms with Crippen LogP contribution < -0.4 is 10.6 Å². The summed E-state index contributed by atoms with van der Waals surface area (Å²) in [5, 5.41) is 6.32. The number of carbonyl (C=O) groups is 2. The van der Waals surface area contributed by atoms with Crippen molar-refractivity contribution >= 4 is 11.8 Å². The fraction of sp³-hybridized carbons (Fsp3) is 0.867. The van der Waals surface area contributed by atoms with Crippen LogP contribution in [0.5, 0.6) is 0 Å². The van der Waals surface area contributed by atoms with E-state index < -0.39 is 0 Å². The van der Waals surface area contributed by atoms with Crippen LogP contribution in [0.15, 0.2) is 0 Å². The summed E-state index contributed by atoms with van der Waals surface area (Å²) in [7, 11) is 0. The van der Waals surface area contributed by atoms with E-state index >= 15 is 0 Å². The summed E-state index contributed by atoms with van der Waals surface area (Å²) >= 11 is 0. The molecule has 3 fully saturated rings. The van der Waals surface area contributed by atoms with E-state index in [2.05, 4.69) is 22.5 Å². The van der Waals surface area contributed by atoms with Crippen LogP contribution in [0.4, 0.5) is 0 Å². The molecule has 2 bridgehead atoms. The smallest absolute Gasteiger partial charge is 0.242 e. The summed E-state index contributed by atoms with van der Waals surface area (Å²) in [5.74, 6) is -0.0492.